The molecule has 1 aliphatic rings. The molecule has 0 fully saturated rings. The molecule has 1 heterocycles. The van der Waals surface area contributed by atoms with Crippen molar-refractivity contribution >= 4 is 15.7 Å². The maximum absolute atomic E-state index is 13.4. The van der Waals surface area contributed by atoms with E-state index in [1.165, 1.54) is 30.3 Å². The molecule has 144 valence electrons. The van der Waals surface area contributed by atoms with Crippen LogP contribution in [-0.2, 0) is 10.0 Å². The topological polar surface area (TPSA) is 77.0 Å². The van der Waals surface area contributed by atoms with Crippen LogP contribution in [0.25, 0.3) is 0 Å². The molecular formula is C17H15F3N2O4S. The molecule has 0 amide bonds. The van der Waals surface area contributed by atoms with Crippen molar-refractivity contribution in [3.63, 3.8) is 0 Å². The van der Waals surface area contributed by atoms with Crippen LogP contribution in [0.3, 0.4) is 0 Å². The summed E-state index contributed by atoms with van der Waals surface area (Å²) in [6.07, 6.45) is -4.89. The third kappa shape index (κ3) is 4.33. The lowest BCUT2D eigenvalue weighted by Crippen LogP contribution is -2.29. The van der Waals surface area contributed by atoms with Gasteiger partial charge < -0.3 is 9.47 Å². The van der Waals surface area contributed by atoms with Crippen LogP contribution in [-0.4, -0.2) is 33.5 Å². The smallest absolute Gasteiger partial charge is 0.435 e. The van der Waals surface area contributed by atoms with E-state index in [0.29, 0.717) is 12.4 Å². The number of alkyl halides is 3. The van der Waals surface area contributed by atoms with Crippen molar-refractivity contribution in [2.75, 3.05) is 13.2 Å². The minimum atomic E-state index is -4.89. The van der Waals surface area contributed by atoms with Gasteiger partial charge in [0.05, 0.1) is 4.90 Å². The Labute approximate surface area is 153 Å². The van der Waals surface area contributed by atoms with Gasteiger partial charge in [0.25, 0.3) is 10.0 Å². The van der Waals surface area contributed by atoms with E-state index in [2.05, 4.69) is 5.10 Å². The van der Waals surface area contributed by atoms with E-state index in [9.17, 15) is 21.6 Å². The number of hydrazone groups is 1. The molecule has 6 nitrogen and oxygen atoms in total. The van der Waals surface area contributed by atoms with E-state index in [0.717, 1.165) is 17.7 Å². The van der Waals surface area contributed by atoms with Gasteiger partial charge in [-0.1, -0.05) is 17.7 Å². The van der Waals surface area contributed by atoms with Crippen molar-refractivity contribution < 1.29 is 31.1 Å². The number of ether oxygens (including phenoxy) is 2. The van der Waals surface area contributed by atoms with E-state index in [1.807, 2.05) is 0 Å². The number of aryl methyl sites for hydroxylation is 1. The number of nitrogens with zero attached hydrogens (tertiary/aromatic N) is 1. The highest BCUT2D eigenvalue weighted by molar-refractivity contribution is 7.89. The predicted octanol–water partition coefficient (Wildman–Crippen LogP) is 3.01. The number of fused-ring (bicyclic) bond motifs is 1. The maximum atomic E-state index is 13.4. The van der Waals surface area contributed by atoms with Crippen molar-refractivity contribution in [3.05, 3.63) is 53.6 Å². The highest BCUT2D eigenvalue weighted by Gasteiger charge is 2.38. The molecule has 2 aromatic rings. The van der Waals surface area contributed by atoms with Crippen LogP contribution in [0.4, 0.5) is 13.2 Å². The number of rotatable bonds is 4. The SMILES string of the molecule is Cc1ccc(S(=O)(=O)N/N=C(\c2ccc3c(c2)OCCO3)C(F)(F)F)cc1. The van der Waals surface area contributed by atoms with Gasteiger partial charge in [-0.15, -0.1) is 0 Å². The van der Waals surface area contributed by atoms with Crippen LogP contribution in [0.1, 0.15) is 11.1 Å². The standard InChI is InChI=1S/C17H15F3N2O4S/c1-11-2-5-13(6-3-11)27(23,24)22-21-16(17(18,19)20)12-4-7-14-15(10-12)26-9-8-25-14/h2-7,10,22H,8-9H2,1H3/b21-16+. The number of sulfonamides is 1. The average molecular weight is 400 g/mol. The molecule has 1 aliphatic heterocycles. The first-order valence-corrected chi connectivity index (χ1v) is 9.28. The van der Waals surface area contributed by atoms with Crippen molar-refractivity contribution in [2.24, 2.45) is 5.10 Å². The summed E-state index contributed by atoms with van der Waals surface area (Å²) in [7, 11) is -4.25. The summed E-state index contributed by atoms with van der Waals surface area (Å²) in [4.78, 5) is 1.45. The Kier molecular flexibility index (Phi) is 5.01. The van der Waals surface area contributed by atoms with E-state index in [-0.39, 0.29) is 22.8 Å². The summed E-state index contributed by atoms with van der Waals surface area (Å²) >= 11 is 0. The second-order valence-corrected chi connectivity index (χ2v) is 7.39. The molecule has 3 rings (SSSR count). The van der Waals surface area contributed by atoms with E-state index >= 15 is 0 Å². The summed E-state index contributed by atoms with van der Waals surface area (Å²) in [5.41, 5.74) is -0.932. The number of hydrogen-bond donors (Lipinski definition) is 1. The molecule has 0 unspecified atom stereocenters. The van der Waals surface area contributed by atoms with Gasteiger partial charge in [0.2, 0.25) is 0 Å². The quantitative estimate of drug-likeness (QED) is 0.632. The average Bonchev–Trinajstić information content (AvgIpc) is 2.61. The minimum absolute atomic E-state index is 0.136. The van der Waals surface area contributed by atoms with Gasteiger partial charge in [0, 0.05) is 5.56 Å². The Bertz CT molecular complexity index is 971. The Morgan fingerprint density at radius 3 is 2.30 bits per heavy atom. The molecule has 0 aliphatic carbocycles. The molecule has 0 saturated heterocycles. The Morgan fingerprint density at radius 1 is 1.04 bits per heavy atom. The second kappa shape index (κ2) is 7.10. The van der Waals surface area contributed by atoms with Crippen LogP contribution in [0.15, 0.2) is 52.5 Å². The van der Waals surface area contributed by atoms with Crippen LogP contribution in [0.5, 0.6) is 11.5 Å². The van der Waals surface area contributed by atoms with Crippen molar-refractivity contribution in [1.29, 1.82) is 0 Å². The zero-order chi connectivity index (χ0) is 19.7. The minimum Gasteiger partial charge on any atom is -0.486 e. The largest absolute Gasteiger partial charge is 0.486 e. The molecule has 0 bridgehead atoms. The first-order valence-electron chi connectivity index (χ1n) is 7.80. The second-order valence-electron chi connectivity index (χ2n) is 5.72. The Morgan fingerprint density at radius 2 is 1.67 bits per heavy atom. The molecule has 0 spiro atoms. The fourth-order valence-electron chi connectivity index (χ4n) is 2.36. The summed E-state index contributed by atoms with van der Waals surface area (Å²) in [6, 6.07) is 9.20. The molecule has 1 N–H and O–H groups in total. The number of benzene rings is 2. The van der Waals surface area contributed by atoms with Crippen LogP contribution < -0.4 is 14.3 Å². The number of hydrogen-bond acceptors (Lipinski definition) is 5. The third-order valence-electron chi connectivity index (χ3n) is 3.69. The summed E-state index contributed by atoms with van der Waals surface area (Å²) in [5.74, 6) is 0.448. The summed E-state index contributed by atoms with van der Waals surface area (Å²) < 4.78 is 75.2. The van der Waals surface area contributed by atoms with Gasteiger partial charge in [-0.2, -0.15) is 31.5 Å². The van der Waals surface area contributed by atoms with Crippen LogP contribution >= 0.6 is 0 Å². The summed E-state index contributed by atoms with van der Waals surface area (Å²) in [6.45, 7) is 2.25. The van der Waals surface area contributed by atoms with Gasteiger partial charge in [-0.05, 0) is 37.3 Å². The van der Waals surface area contributed by atoms with Crippen molar-refractivity contribution in [3.8, 4) is 11.5 Å². The highest BCUT2D eigenvalue weighted by Crippen LogP contribution is 2.33. The van der Waals surface area contributed by atoms with Crippen molar-refractivity contribution in [1.82, 2.24) is 4.83 Å². The summed E-state index contributed by atoms with van der Waals surface area (Å²) in [5, 5.41) is 3.14. The Hall–Kier alpha value is -2.75. The number of nitrogens with one attached hydrogen (secondary N) is 1. The lowest BCUT2D eigenvalue weighted by molar-refractivity contribution is -0.0583. The predicted molar refractivity (Wildman–Crippen MR) is 91.5 cm³/mol. The fraction of sp³-hybridized carbons (Fsp3) is 0.235. The zero-order valence-corrected chi connectivity index (χ0v) is 14.9. The van der Waals surface area contributed by atoms with Gasteiger partial charge in [-0.25, -0.2) is 0 Å². The fourth-order valence-corrected chi connectivity index (χ4v) is 3.17. The maximum Gasteiger partial charge on any atom is 0.435 e. The monoisotopic (exact) mass is 400 g/mol. The highest BCUT2D eigenvalue weighted by atomic mass is 32.2. The van der Waals surface area contributed by atoms with E-state index in [1.54, 1.807) is 11.8 Å². The first-order chi connectivity index (χ1) is 12.7. The van der Waals surface area contributed by atoms with Crippen LogP contribution in [0.2, 0.25) is 0 Å². The van der Waals surface area contributed by atoms with E-state index in [4.69, 9.17) is 9.47 Å². The normalized spacial score (nSPS) is 14.7. The molecule has 0 radical (unpaired) electrons. The molecule has 0 saturated carbocycles. The molecule has 0 atom stereocenters. The van der Waals surface area contributed by atoms with Crippen molar-refractivity contribution in [2.45, 2.75) is 18.0 Å². The lowest BCUT2D eigenvalue weighted by atomic mass is 10.1. The molecule has 0 aromatic heterocycles. The Balaban J connectivity index is 1.94. The molecule has 10 heteroatoms. The van der Waals surface area contributed by atoms with Gasteiger partial charge >= 0.3 is 6.18 Å². The van der Waals surface area contributed by atoms with Gasteiger partial charge in [0.1, 0.15) is 13.2 Å². The molecule has 2 aromatic carbocycles. The number of halogens is 3. The van der Waals surface area contributed by atoms with Gasteiger partial charge in [-0.3, -0.25) is 0 Å². The zero-order valence-electron chi connectivity index (χ0n) is 14.1. The third-order valence-corrected chi connectivity index (χ3v) is 4.92. The van der Waals surface area contributed by atoms with E-state index < -0.39 is 21.9 Å². The first kappa shape index (κ1) is 19.0. The van der Waals surface area contributed by atoms with Crippen LogP contribution in [0, 0.1) is 6.92 Å². The van der Waals surface area contributed by atoms with Gasteiger partial charge in [0.15, 0.2) is 17.2 Å². The lowest BCUT2D eigenvalue weighted by Gasteiger charge is -2.19. The molecule has 27 heavy (non-hydrogen) atoms. The molecular weight excluding hydrogens is 385 g/mol.